The minimum Gasteiger partial charge on any atom is -0.342 e. The van der Waals surface area contributed by atoms with Crippen LogP contribution in [0, 0.1) is 12.8 Å². The summed E-state index contributed by atoms with van der Waals surface area (Å²) in [7, 11) is 1.96. The van der Waals surface area contributed by atoms with Gasteiger partial charge in [0, 0.05) is 25.7 Å². The number of carbonyl (C=O) groups is 1. The number of likely N-dealkylation sites (tertiary alicyclic amines) is 1. The van der Waals surface area contributed by atoms with Gasteiger partial charge in [-0.1, -0.05) is 43.0 Å². The first-order valence-corrected chi connectivity index (χ1v) is 9.40. The second kappa shape index (κ2) is 7.38. The maximum Gasteiger partial charge on any atom is 0.233 e. The van der Waals surface area contributed by atoms with Gasteiger partial charge in [0.05, 0.1) is 5.75 Å². The number of nitrogens with zero attached hydrogens (tertiary/aromatic N) is 4. The van der Waals surface area contributed by atoms with Gasteiger partial charge >= 0.3 is 0 Å². The Hall–Kier alpha value is -1.82. The average Bonchev–Trinajstić information content (AvgIpc) is 2.94. The minimum absolute atomic E-state index is 0.201. The first-order chi connectivity index (χ1) is 11.6. The molecular formula is C18H24N4OS. The molecule has 1 saturated heterocycles. The van der Waals surface area contributed by atoms with E-state index in [9.17, 15) is 4.79 Å². The summed E-state index contributed by atoms with van der Waals surface area (Å²) in [4.78, 5) is 14.4. The number of amides is 1. The fourth-order valence-corrected chi connectivity index (χ4v) is 3.95. The highest BCUT2D eigenvalue weighted by molar-refractivity contribution is 7.99. The topological polar surface area (TPSA) is 51.0 Å². The Morgan fingerprint density at radius 2 is 2.12 bits per heavy atom. The van der Waals surface area contributed by atoms with E-state index in [1.54, 1.807) is 0 Å². The van der Waals surface area contributed by atoms with E-state index in [0.29, 0.717) is 11.7 Å². The smallest absolute Gasteiger partial charge is 0.233 e. The van der Waals surface area contributed by atoms with Crippen LogP contribution < -0.4 is 0 Å². The molecule has 0 N–H and O–H groups in total. The fraction of sp³-hybridized carbons (Fsp3) is 0.500. The van der Waals surface area contributed by atoms with Crippen LogP contribution in [0.15, 0.2) is 29.4 Å². The molecule has 24 heavy (non-hydrogen) atoms. The van der Waals surface area contributed by atoms with Gasteiger partial charge in [0.1, 0.15) is 0 Å². The Labute approximate surface area is 147 Å². The molecule has 1 aliphatic heterocycles. The van der Waals surface area contributed by atoms with Gasteiger partial charge < -0.3 is 9.47 Å². The Morgan fingerprint density at radius 1 is 1.33 bits per heavy atom. The third-order valence-electron chi connectivity index (χ3n) is 4.56. The first-order valence-electron chi connectivity index (χ1n) is 8.42. The van der Waals surface area contributed by atoms with Crippen LogP contribution in [-0.4, -0.2) is 44.4 Å². The zero-order valence-corrected chi connectivity index (χ0v) is 15.3. The number of hydrogen-bond acceptors (Lipinski definition) is 4. The summed E-state index contributed by atoms with van der Waals surface area (Å²) in [5, 5.41) is 9.37. The summed E-state index contributed by atoms with van der Waals surface area (Å²) < 4.78 is 1.97. The largest absolute Gasteiger partial charge is 0.342 e. The summed E-state index contributed by atoms with van der Waals surface area (Å²) >= 11 is 1.47. The second-order valence-corrected chi connectivity index (χ2v) is 7.50. The van der Waals surface area contributed by atoms with E-state index in [1.165, 1.54) is 23.7 Å². The molecule has 128 valence electrons. The van der Waals surface area contributed by atoms with Crippen LogP contribution in [-0.2, 0) is 11.8 Å². The predicted octanol–water partition coefficient (Wildman–Crippen LogP) is 3.14. The van der Waals surface area contributed by atoms with Gasteiger partial charge in [0.15, 0.2) is 11.0 Å². The molecule has 0 saturated carbocycles. The predicted molar refractivity (Wildman–Crippen MR) is 96.9 cm³/mol. The fourth-order valence-electron chi connectivity index (χ4n) is 3.13. The molecule has 0 bridgehead atoms. The lowest BCUT2D eigenvalue weighted by Crippen LogP contribution is -2.40. The van der Waals surface area contributed by atoms with E-state index in [1.807, 2.05) is 34.7 Å². The van der Waals surface area contributed by atoms with Gasteiger partial charge in [-0.15, -0.1) is 10.2 Å². The zero-order valence-electron chi connectivity index (χ0n) is 14.5. The van der Waals surface area contributed by atoms with E-state index >= 15 is 0 Å². The number of rotatable bonds is 4. The van der Waals surface area contributed by atoms with Crippen LogP contribution in [0.5, 0.6) is 0 Å². The van der Waals surface area contributed by atoms with Gasteiger partial charge in [0.25, 0.3) is 0 Å². The Morgan fingerprint density at radius 3 is 2.88 bits per heavy atom. The Kier molecular flexibility index (Phi) is 5.23. The van der Waals surface area contributed by atoms with Crippen molar-refractivity contribution >= 4 is 17.7 Å². The molecule has 6 heteroatoms. The molecule has 1 atom stereocenters. The molecule has 0 unspecified atom stereocenters. The van der Waals surface area contributed by atoms with Gasteiger partial charge in [-0.25, -0.2) is 0 Å². The summed E-state index contributed by atoms with van der Waals surface area (Å²) in [6, 6.07) is 8.14. The maximum atomic E-state index is 12.4. The van der Waals surface area contributed by atoms with Crippen molar-refractivity contribution in [3.8, 4) is 11.4 Å². The maximum absolute atomic E-state index is 12.4. The average molecular weight is 344 g/mol. The van der Waals surface area contributed by atoms with E-state index in [0.717, 1.165) is 36.1 Å². The third-order valence-corrected chi connectivity index (χ3v) is 5.56. The summed E-state index contributed by atoms with van der Waals surface area (Å²) in [5.41, 5.74) is 2.25. The molecule has 5 nitrogen and oxygen atoms in total. The van der Waals surface area contributed by atoms with Crippen LogP contribution >= 0.6 is 11.8 Å². The van der Waals surface area contributed by atoms with Crippen molar-refractivity contribution in [1.82, 2.24) is 19.7 Å². The van der Waals surface area contributed by atoms with Crippen LogP contribution in [0.25, 0.3) is 11.4 Å². The SMILES string of the molecule is Cc1ccccc1-c1nnc(SCC(=O)N2CCC[C@@H](C)C2)n1C. The highest BCUT2D eigenvalue weighted by Crippen LogP contribution is 2.25. The Balaban J connectivity index is 1.66. The molecule has 1 amide bonds. The van der Waals surface area contributed by atoms with Crippen LogP contribution in [0.3, 0.4) is 0 Å². The quantitative estimate of drug-likeness (QED) is 0.800. The monoisotopic (exact) mass is 344 g/mol. The van der Waals surface area contributed by atoms with Gasteiger partial charge in [-0.05, 0) is 31.2 Å². The van der Waals surface area contributed by atoms with Crippen molar-refractivity contribution in [3.63, 3.8) is 0 Å². The Bertz CT molecular complexity index is 728. The molecule has 0 spiro atoms. The molecule has 1 aromatic carbocycles. The number of piperidine rings is 1. The summed E-state index contributed by atoms with van der Waals surface area (Å²) in [6.45, 7) is 6.05. The number of carbonyl (C=O) groups excluding carboxylic acids is 1. The molecular weight excluding hydrogens is 320 g/mol. The number of thioether (sulfide) groups is 1. The lowest BCUT2D eigenvalue weighted by molar-refractivity contribution is -0.130. The number of aromatic nitrogens is 3. The van der Waals surface area contributed by atoms with Crippen LogP contribution in [0.1, 0.15) is 25.3 Å². The standard InChI is InChI=1S/C18H24N4OS/c1-13-7-6-10-22(11-13)16(23)12-24-18-20-19-17(21(18)3)15-9-5-4-8-14(15)2/h4-5,8-9,13H,6-7,10-12H2,1-3H3/t13-/m1/s1. The van der Waals surface area contributed by atoms with E-state index in [2.05, 4.69) is 30.1 Å². The molecule has 1 aliphatic rings. The number of aryl methyl sites for hydroxylation is 1. The van der Waals surface area contributed by atoms with E-state index in [4.69, 9.17) is 0 Å². The molecule has 0 aliphatic carbocycles. The minimum atomic E-state index is 0.201. The molecule has 1 fully saturated rings. The molecule has 2 aromatic rings. The van der Waals surface area contributed by atoms with Crippen molar-refractivity contribution < 1.29 is 4.79 Å². The van der Waals surface area contributed by atoms with Crippen molar-refractivity contribution in [2.75, 3.05) is 18.8 Å². The molecule has 1 aromatic heterocycles. The summed E-state index contributed by atoms with van der Waals surface area (Å²) in [6.07, 6.45) is 2.33. The second-order valence-electron chi connectivity index (χ2n) is 6.56. The summed E-state index contributed by atoms with van der Waals surface area (Å²) in [5.74, 6) is 2.07. The third kappa shape index (κ3) is 3.64. The number of benzene rings is 1. The van der Waals surface area contributed by atoms with Crippen LogP contribution in [0.2, 0.25) is 0 Å². The van der Waals surface area contributed by atoms with Crippen molar-refractivity contribution in [2.24, 2.45) is 13.0 Å². The van der Waals surface area contributed by atoms with Crippen molar-refractivity contribution in [3.05, 3.63) is 29.8 Å². The molecule has 2 heterocycles. The van der Waals surface area contributed by atoms with Gasteiger partial charge in [-0.3, -0.25) is 4.79 Å². The van der Waals surface area contributed by atoms with Gasteiger partial charge in [0.2, 0.25) is 5.91 Å². The highest BCUT2D eigenvalue weighted by Gasteiger charge is 2.22. The lowest BCUT2D eigenvalue weighted by atomic mass is 10.0. The zero-order chi connectivity index (χ0) is 17.1. The van der Waals surface area contributed by atoms with E-state index in [-0.39, 0.29) is 5.91 Å². The van der Waals surface area contributed by atoms with Crippen LogP contribution in [0.4, 0.5) is 0 Å². The van der Waals surface area contributed by atoms with Gasteiger partial charge in [-0.2, -0.15) is 0 Å². The first kappa shape index (κ1) is 17.0. The number of hydrogen-bond donors (Lipinski definition) is 0. The normalized spacial score (nSPS) is 18.0. The molecule has 3 rings (SSSR count). The van der Waals surface area contributed by atoms with E-state index < -0.39 is 0 Å². The highest BCUT2D eigenvalue weighted by atomic mass is 32.2. The van der Waals surface area contributed by atoms with Crippen molar-refractivity contribution in [1.29, 1.82) is 0 Å². The van der Waals surface area contributed by atoms with Crippen molar-refractivity contribution in [2.45, 2.75) is 31.8 Å². The molecule has 0 radical (unpaired) electrons. The lowest BCUT2D eigenvalue weighted by Gasteiger charge is -2.30.